The molecular weight excluding hydrogens is 331 g/mol. The molecule has 0 heterocycles. The molecule has 2 aromatic rings. The minimum atomic E-state index is -0.525. The molecule has 100 valence electrons. The number of aryl methyl sites for hydroxylation is 1. The lowest BCUT2D eigenvalue weighted by Gasteiger charge is -2.13. The van der Waals surface area contributed by atoms with Crippen molar-refractivity contribution in [3.8, 4) is 5.75 Å². The molecule has 0 aliphatic rings. The van der Waals surface area contributed by atoms with Crippen LogP contribution in [0, 0.1) is 12.7 Å². The summed E-state index contributed by atoms with van der Waals surface area (Å²) in [7, 11) is 1.59. The molecule has 0 saturated carbocycles. The molecule has 0 bridgehead atoms. The summed E-state index contributed by atoms with van der Waals surface area (Å²) in [4.78, 5) is 0. The number of hydrogen-bond acceptors (Lipinski definition) is 1. The van der Waals surface area contributed by atoms with E-state index in [4.69, 9.17) is 16.3 Å². The smallest absolute Gasteiger partial charge is 0.133 e. The van der Waals surface area contributed by atoms with Gasteiger partial charge in [0, 0.05) is 5.56 Å². The fraction of sp³-hybridized carbons (Fsp3) is 0.200. The van der Waals surface area contributed by atoms with Crippen molar-refractivity contribution in [3.05, 3.63) is 63.4 Å². The van der Waals surface area contributed by atoms with Crippen LogP contribution in [-0.4, -0.2) is 7.11 Å². The van der Waals surface area contributed by atoms with E-state index in [1.165, 1.54) is 6.07 Å². The van der Waals surface area contributed by atoms with Crippen molar-refractivity contribution >= 4 is 27.5 Å². The van der Waals surface area contributed by atoms with Crippen molar-refractivity contribution in [2.24, 2.45) is 0 Å². The second kappa shape index (κ2) is 5.93. The normalized spacial score (nSPS) is 12.3. The molecule has 0 spiro atoms. The molecule has 1 unspecified atom stereocenters. The zero-order valence-corrected chi connectivity index (χ0v) is 12.9. The van der Waals surface area contributed by atoms with Gasteiger partial charge < -0.3 is 4.74 Å². The van der Waals surface area contributed by atoms with Crippen LogP contribution >= 0.6 is 27.5 Å². The van der Waals surface area contributed by atoms with Gasteiger partial charge in [-0.15, -0.1) is 11.6 Å². The number of alkyl halides is 1. The molecule has 2 aromatic carbocycles. The average molecular weight is 344 g/mol. The third-order valence-electron chi connectivity index (χ3n) is 2.90. The predicted molar refractivity (Wildman–Crippen MR) is 79.5 cm³/mol. The van der Waals surface area contributed by atoms with E-state index in [-0.39, 0.29) is 5.82 Å². The zero-order valence-electron chi connectivity index (χ0n) is 10.6. The van der Waals surface area contributed by atoms with Gasteiger partial charge in [0.15, 0.2) is 0 Å². The van der Waals surface area contributed by atoms with Crippen molar-refractivity contribution in [2.45, 2.75) is 12.3 Å². The maximum absolute atomic E-state index is 13.9. The van der Waals surface area contributed by atoms with Crippen molar-refractivity contribution in [2.75, 3.05) is 7.11 Å². The first-order chi connectivity index (χ1) is 9.02. The van der Waals surface area contributed by atoms with Crippen molar-refractivity contribution in [3.63, 3.8) is 0 Å². The molecule has 0 saturated heterocycles. The Hall–Kier alpha value is -1.06. The molecule has 0 N–H and O–H groups in total. The Kier molecular flexibility index (Phi) is 4.48. The lowest BCUT2D eigenvalue weighted by atomic mass is 10.0. The summed E-state index contributed by atoms with van der Waals surface area (Å²) < 4.78 is 19.9. The summed E-state index contributed by atoms with van der Waals surface area (Å²) in [6, 6.07) is 10.5. The lowest BCUT2D eigenvalue weighted by Crippen LogP contribution is -1.98. The van der Waals surface area contributed by atoms with E-state index in [0.717, 1.165) is 21.3 Å². The van der Waals surface area contributed by atoms with E-state index >= 15 is 0 Å². The van der Waals surface area contributed by atoms with Crippen LogP contribution in [0.25, 0.3) is 0 Å². The van der Waals surface area contributed by atoms with Gasteiger partial charge in [-0.25, -0.2) is 4.39 Å². The molecule has 0 radical (unpaired) electrons. The summed E-state index contributed by atoms with van der Waals surface area (Å²) in [5, 5.41) is -0.525. The van der Waals surface area contributed by atoms with E-state index in [1.54, 1.807) is 19.2 Å². The largest absolute Gasteiger partial charge is 0.496 e. The maximum Gasteiger partial charge on any atom is 0.133 e. The molecule has 1 atom stereocenters. The van der Waals surface area contributed by atoms with Crippen LogP contribution in [0.15, 0.2) is 40.9 Å². The van der Waals surface area contributed by atoms with Crippen molar-refractivity contribution in [1.82, 2.24) is 0 Å². The van der Waals surface area contributed by atoms with Gasteiger partial charge in [-0.3, -0.25) is 0 Å². The quantitative estimate of drug-likeness (QED) is 0.693. The summed E-state index contributed by atoms with van der Waals surface area (Å²) >= 11 is 9.76. The van der Waals surface area contributed by atoms with Crippen LogP contribution in [0.5, 0.6) is 5.75 Å². The fourth-order valence-corrected chi connectivity index (χ4v) is 2.73. The Bertz CT molecular complexity index is 601. The predicted octanol–water partition coefficient (Wildman–Crippen LogP) is 5.23. The minimum Gasteiger partial charge on any atom is -0.496 e. The van der Waals surface area contributed by atoms with Gasteiger partial charge in [0.05, 0.1) is 17.0 Å². The molecule has 2 rings (SSSR count). The first kappa shape index (κ1) is 14.4. The van der Waals surface area contributed by atoms with E-state index in [9.17, 15) is 4.39 Å². The van der Waals surface area contributed by atoms with E-state index in [2.05, 4.69) is 15.9 Å². The van der Waals surface area contributed by atoms with E-state index in [1.807, 2.05) is 25.1 Å². The third kappa shape index (κ3) is 3.10. The Morgan fingerprint density at radius 3 is 2.53 bits per heavy atom. The van der Waals surface area contributed by atoms with E-state index in [0.29, 0.717) is 5.56 Å². The first-order valence-electron chi connectivity index (χ1n) is 5.76. The van der Waals surface area contributed by atoms with Gasteiger partial charge in [0.25, 0.3) is 0 Å². The molecule has 1 nitrogen and oxygen atoms in total. The third-order valence-corrected chi connectivity index (χ3v) is 4.00. The molecule has 0 amide bonds. The van der Waals surface area contributed by atoms with Gasteiger partial charge in [-0.1, -0.05) is 18.2 Å². The molecule has 0 aliphatic carbocycles. The van der Waals surface area contributed by atoms with Gasteiger partial charge in [-0.2, -0.15) is 0 Å². The van der Waals surface area contributed by atoms with Crippen LogP contribution in [0.1, 0.15) is 22.1 Å². The molecule has 19 heavy (non-hydrogen) atoms. The zero-order chi connectivity index (χ0) is 14.0. The SMILES string of the molecule is COc1ccc(C(Cl)c2ccc(C)cc2F)cc1Br. The number of halogens is 3. The number of hydrogen-bond donors (Lipinski definition) is 0. The highest BCUT2D eigenvalue weighted by Gasteiger charge is 2.16. The summed E-state index contributed by atoms with van der Waals surface area (Å²) in [5.74, 6) is 0.434. The second-order valence-electron chi connectivity index (χ2n) is 4.28. The average Bonchev–Trinajstić information content (AvgIpc) is 2.38. The Morgan fingerprint density at radius 1 is 1.21 bits per heavy atom. The molecule has 0 aromatic heterocycles. The lowest BCUT2D eigenvalue weighted by molar-refractivity contribution is 0.412. The van der Waals surface area contributed by atoms with Crippen LogP contribution in [0.4, 0.5) is 4.39 Å². The number of benzene rings is 2. The first-order valence-corrected chi connectivity index (χ1v) is 6.99. The minimum absolute atomic E-state index is 0.285. The summed E-state index contributed by atoms with van der Waals surface area (Å²) in [6.45, 7) is 1.85. The Labute approximate surface area is 125 Å². The summed E-state index contributed by atoms with van der Waals surface area (Å²) in [5.41, 5.74) is 2.17. The monoisotopic (exact) mass is 342 g/mol. The number of rotatable bonds is 3. The van der Waals surface area contributed by atoms with Gasteiger partial charge >= 0.3 is 0 Å². The summed E-state index contributed by atoms with van der Waals surface area (Å²) in [6.07, 6.45) is 0. The Balaban J connectivity index is 2.38. The second-order valence-corrected chi connectivity index (χ2v) is 5.57. The van der Waals surface area contributed by atoms with Gasteiger partial charge in [0.2, 0.25) is 0 Å². The fourth-order valence-electron chi connectivity index (χ4n) is 1.86. The van der Waals surface area contributed by atoms with Gasteiger partial charge in [0.1, 0.15) is 11.6 Å². The maximum atomic E-state index is 13.9. The molecule has 0 fully saturated rings. The van der Waals surface area contributed by atoms with Crippen LogP contribution in [0.2, 0.25) is 0 Å². The van der Waals surface area contributed by atoms with Gasteiger partial charge in [-0.05, 0) is 52.2 Å². The van der Waals surface area contributed by atoms with Crippen molar-refractivity contribution < 1.29 is 9.13 Å². The Morgan fingerprint density at radius 2 is 1.95 bits per heavy atom. The van der Waals surface area contributed by atoms with Crippen LogP contribution in [0.3, 0.4) is 0 Å². The highest BCUT2D eigenvalue weighted by molar-refractivity contribution is 9.10. The molecular formula is C15H13BrClFO. The number of ether oxygens (including phenoxy) is 1. The highest BCUT2D eigenvalue weighted by Crippen LogP contribution is 2.35. The highest BCUT2D eigenvalue weighted by atomic mass is 79.9. The topological polar surface area (TPSA) is 9.23 Å². The number of methoxy groups -OCH3 is 1. The molecule has 0 aliphatic heterocycles. The van der Waals surface area contributed by atoms with Crippen molar-refractivity contribution in [1.29, 1.82) is 0 Å². The van der Waals surface area contributed by atoms with Crippen LogP contribution < -0.4 is 4.74 Å². The molecule has 4 heteroatoms. The van der Waals surface area contributed by atoms with Crippen LogP contribution in [-0.2, 0) is 0 Å². The van der Waals surface area contributed by atoms with E-state index < -0.39 is 5.38 Å². The standard InChI is InChI=1S/C15H13BrClFO/c1-9-3-5-11(13(18)7-9)15(17)10-4-6-14(19-2)12(16)8-10/h3-8,15H,1-2H3.